The molecule has 2 aromatic rings. The molecule has 0 bridgehead atoms. The minimum absolute atomic E-state index is 0.0306. The fraction of sp³-hybridized carbons (Fsp3) is 0.412. The van der Waals surface area contributed by atoms with E-state index >= 15 is 0 Å². The first-order valence-corrected chi connectivity index (χ1v) is 7.53. The number of aryl methyl sites for hydroxylation is 1. The van der Waals surface area contributed by atoms with E-state index in [0.29, 0.717) is 11.5 Å². The molecule has 112 valence electrons. The van der Waals surface area contributed by atoms with E-state index in [4.69, 9.17) is 0 Å². The molecule has 1 aromatic carbocycles. The van der Waals surface area contributed by atoms with Gasteiger partial charge in [0.15, 0.2) is 0 Å². The number of aromatic amines is 1. The minimum atomic E-state index is -0.0676. The molecule has 1 aromatic heterocycles. The zero-order valence-corrected chi connectivity index (χ0v) is 12.9. The monoisotopic (exact) mass is 285 g/mol. The predicted molar refractivity (Wildman–Crippen MR) is 84.0 cm³/mol. The van der Waals surface area contributed by atoms with Gasteiger partial charge < -0.3 is 5.32 Å². The summed E-state index contributed by atoms with van der Waals surface area (Å²) in [6, 6.07) is 10.2. The Morgan fingerprint density at radius 1 is 1.24 bits per heavy atom. The smallest absolute Gasteiger partial charge is 0.255 e. The standard InChI is InChI=1S/C17H23N3O/c1-4-13(5-2)16(14-9-7-6-8-10-14)19-17(21)15-11-18-20-12(15)3/h6-11,13,16H,4-5H2,1-3H3,(H,18,20)(H,19,21). The molecule has 1 atom stereocenters. The molecule has 0 radical (unpaired) electrons. The molecule has 2 N–H and O–H groups in total. The van der Waals surface area contributed by atoms with Gasteiger partial charge in [-0.3, -0.25) is 9.89 Å². The van der Waals surface area contributed by atoms with Crippen molar-refractivity contribution in [1.82, 2.24) is 15.5 Å². The maximum absolute atomic E-state index is 12.5. The van der Waals surface area contributed by atoms with Crippen LogP contribution in [-0.2, 0) is 0 Å². The molecule has 21 heavy (non-hydrogen) atoms. The van der Waals surface area contributed by atoms with Crippen LogP contribution in [0.4, 0.5) is 0 Å². The number of rotatable bonds is 6. The third kappa shape index (κ3) is 3.51. The first-order chi connectivity index (χ1) is 10.2. The molecule has 0 aliphatic rings. The van der Waals surface area contributed by atoms with Crippen LogP contribution in [0.15, 0.2) is 36.5 Å². The Bertz CT molecular complexity index is 573. The maximum atomic E-state index is 12.5. The Morgan fingerprint density at radius 2 is 1.90 bits per heavy atom. The van der Waals surface area contributed by atoms with Crippen molar-refractivity contribution in [2.45, 2.75) is 39.7 Å². The Labute approximate surface area is 126 Å². The number of hydrogen-bond donors (Lipinski definition) is 2. The van der Waals surface area contributed by atoms with E-state index in [-0.39, 0.29) is 11.9 Å². The Kier molecular flexibility index (Phi) is 5.14. The van der Waals surface area contributed by atoms with Crippen molar-refractivity contribution >= 4 is 5.91 Å². The lowest BCUT2D eigenvalue weighted by Crippen LogP contribution is -2.33. The zero-order chi connectivity index (χ0) is 15.2. The van der Waals surface area contributed by atoms with Gasteiger partial charge in [-0.25, -0.2) is 0 Å². The lowest BCUT2D eigenvalue weighted by atomic mass is 9.88. The number of nitrogens with one attached hydrogen (secondary N) is 2. The summed E-state index contributed by atoms with van der Waals surface area (Å²) in [7, 11) is 0. The van der Waals surface area contributed by atoms with Crippen LogP contribution in [0.1, 0.15) is 54.3 Å². The van der Waals surface area contributed by atoms with Gasteiger partial charge in [0.05, 0.1) is 17.8 Å². The highest BCUT2D eigenvalue weighted by molar-refractivity contribution is 5.95. The summed E-state index contributed by atoms with van der Waals surface area (Å²) in [6.07, 6.45) is 3.64. The lowest BCUT2D eigenvalue weighted by molar-refractivity contribution is 0.0919. The molecule has 0 spiro atoms. The van der Waals surface area contributed by atoms with Gasteiger partial charge in [0, 0.05) is 5.69 Å². The van der Waals surface area contributed by atoms with Crippen molar-refractivity contribution in [3.63, 3.8) is 0 Å². The number of benzene rings is 1. The summed E-state index contributed by atoms with van der Waals surface area (Å²) in [4.78, 5) is 12.5. The van der Waals surface area contributed by atoms with E-state index in [0.717, 1.165) is 24.1 Å². The van der Waals surface area contributed by atoms with E-state index in [1.807, 2.05) is 25.1 Å². The number of H-pyrrole nitrogens is 1. The Balaban J connectivity index is 2.24. The van der Waals surface area contributed by atoms with Crippen molar-refractivity contribution < 1.29 is 4.79 Å². The van der Waals surface area contributed by atoms with Crippen LogP contribution in [0.3, 0.4) is 0 Å². The summed E-state index contributed by atoms with van der Waals surface area (Å²) in [5, 5.41) is 9.91. The maximum Gasteiger partial charge on any atom is 0.255 e. The van der Waals surface area contributed by atoms with Gasteiger partial charge in [-0.05, 0) is 18.4 Å². The summed E-state index contributed by atoms with van der Waals surface area (Å²) in [5.74, 6) is 0.352. The molecule has 0 aliphatic heterocycles. The van der Waals surface area contributed by atoms with Crippen molar-refractivity contribution in [1.29, 1.82) is 0 Å². The second-order valence-electron chi connectivity index (χ2n) is 5.35. The van der Waals surface area contributed by atoms with Crippen LogP contribution < -0.4 is 5.32 Å². The predicted octanol–water partition coefficient (Wildman–Crippen LogP) is 3.63. The second kappa shape index (κ2) is 7.07. The van der Waals surface area contributed by atoms with Crippen molar-refractivity contribution in [2.75, 3.05) is 0 Å². The molecule has 1 heterocycles. The van der Waals surface area contributed by atoms with Gasteiger partial charge in [0.1, 0.15) is 0 Å². The topological polar surface area (TPSA) is 57.8 Å². The van der Waals surface area contributed by atoms with Crippen molar-refractivity contribution in [3.05, 3.63) is 53.3 Å². The van der Waals surface area contributed by atoms with Crippen LogP contribution in [0.5, 0.6) is 0 Å². The third-order valence-corrected chi connectivity index (χ3v) is 4.04. The average molecular weight is 285 g/mol. The summed E-state index contributed by atoms with van der Waals surface area (Å²) < 4.78 is 0. The molecular weight excluding hydrogens is 262 g/mol. The van der Waals surface area contributed by atoms with Crippen LogP contribution in [0.2, 0.25) is 0 Å². The number of hydrogen-bond acceptors (Lipinski definition) is 2. The average Bonchev–Trinajstić information content (AvgIpc) is 2.94. The molecule has 0 saturated heterocycles. The molecule has 1 unspecified atom stereocenters. The number of carbonyl (C=O) groups is 1. The summed E-state index contributed by atoms with van der Waals surface area (Å²) in [6.45, 7) is 6.19. The Hall–Kier alpha value is -2.10. The van der Waals surface area contributed by atoms with Gasteiger partial charge >= 0.3 is 0 Å². The first-order valence-electron chi connectivity index (χ1n) is 7.53. The van der Waals surface area contributed by atoms with Crippen LogP contribution in [0.25, 0.3) is 0 Å². The molecule has 2 rings (SSSR count). The quantitative estimate of drug-likeness (QED) is 0.851. The SMILES string of the molecule is CCC(CC)C(NC(=O)c1cn[nH]c1C)c1ccccc1. The first kappa shape index (κ1) is 15.3. The van der Waals surface area contributed by atoms with E-state index in [2.05, 4.69) is 41.5 Å². The number of nitrogens with zero attached hydrogens (tertiary/aromatic N) is 1. The molecule has 0 fully saturated rings. The zero-order valence-electron chi connectivity index (χ0n) is 12.9. The summed E-state index contributed by atoms with van der Waals surface area (Å²) >= 11 is 0. The fourth-order valence-electron chi connectivity index (χ4n) is 2.69. The molecule has 0 saturated carbocycles. The minimum Gasteiger partial charge on any atom is -0.345 e. The van der Waals surface area contributed by atoms with Crippen LogP contribution >= 0.6 is 0 Å². The molecule has 4 heteroatoms. The fourth-order valence-corrected chi connectivity index (χ4v) is 2.69. The van der Waals surface area contributed by atoms with Crippen molar-refractivity contribution in [3.8, 4) is 0 Å². The molecular formula is C17H23N3O. The highest BCUT2D eigenvalue weighted by atomic mass is 16.1. The highest BCUT2D eigenvalue weighted by Gasteiger charge is 2.23. The van der Waals surface area contributed by atoms with Crippen LogP contribution in [0, 0.1) is 12.8 Å². The molecule has 4 nitrogen and oxygen atoms in total. The van der Waals surface area contributed by atoms with E-state index in [1.165, 1.54) is 0 Å². The highest BCUT2D eigenvalue weighted by Crippen LogP contribution is 2.27. The number of amides is 1. The van der Waals surface area contributed by atoms with Gasteiger partial charge in [0.25, 0.3) is 5.91 Å². The Morgan fingerprint density at radius 3 is 2.43 bits per heavy atom. The summed E-state index contributed by atoms with van der Waals surface area (Å²) in [5.41, 5.74) is 2.56. The van der Waals surface area contributed by atoms with E-state index < -0.39 is 0 Å². The normalized spacial score (nSPS) is 12.4. The van der Waals surface area contributed by atoms with E-state index in [9.17, 15) is 4.79 Å². The van der Waals surface area contributed by atoms with Crippen molar-refractivity contribution in [2.24, 2.45) is 5.92 Å². The van der Waals surface area contributed by atoms with Gasteiger partial charge in [-0.15, -0.1) is 0 Å². The second-order valence-corrected chi connectivity index (χ2v) is 5.35. The molecule has 1 amide bonds. The van der Waals surface area contributed by atoms with Gasteiger partial charge in [0.2, 0.25) is 0 Å². The third-order valence-electron chi connectivity index (χ3n) is 4.04. The van der Waals surface area contributed by atoms with Crippen LogP contribution in [-0.4, -0.2) is 16.1 Å². The number of carbonyl (C=O) groups excluding carboxylic acids is 1. The van der Waals surface area contributed by atoms with Gasteiger partial charge in [-0.2, -0.15) is 5.10 Å². The largest absolute Gasteiger partial charge is 0.345 e. The van der Waals surface area contributed by atoms with E-state index in [1.54, 1.807) is 6.20 Å². The number of aromatic nitrogens is 2. The molecule has 0 aliphatic carbocycles. The van der Waals surface area contributed by atoms with Gasteiger partial charge in [-0.1, -0.05) is 57.0 Å². The lowest BCUT2D eigenvalue weighted by Gasteiger charge is -2.27.